The number of hydrogen-bond donors (Lipinski definition) is 0. The lowest BCUT2D eigenvalue weighted by atomic mass is 9.69. The van der Waals surface area contributed by atoms with E-state index in [4.69, 9.17) is 0 Å². The zero-order valence-electron chi connectivity index (χ0n) is 12.9. The van der Waals surface area contributed by atoms with Gasteiger partial charge in [0.1, 0.15) is 0 Å². The van der Waals surface area contributed by atoms with Crippen molar-refractivity contribution in [2.45, 2.75) is 12.3 Å². The van der Waals surface area contributed by atoms with Crippen molar-refractivity contribution in [1.29, 1.82) is 0 Å². The molecule has 0 amide bonds. The molecule has 22 heavy (non-hydrogen) atoms. The van der Waals surface area contributed by atoms with Gasteiger partial charge in [-0.05, 0) is 23.6 Å². The molecule has 0 N–H and O–H groups in total. The van der Waals surface area contributed by atoms with Gasteiger partial charge in [-0.1, -0.05) is 96.6 Å². The van der Waals surface area contributed by atoms with E-state index >= 15 is 0 Å². The Morgan fingerprint density at radius 2 is 1.05 bits per heavy atom. The summed E-state index contributed by atoms with van der Waals surface area (Å²) in [6.45, 7) is 6.30. The van der Waals surface area contributed by atoms with Crippen molar-refractivity contribution in [3.63, 3.8) is 0 Å². The van der Waals surface area contributed by atoms with Gasteiger partial charge < -0.3 is 0 Å². The quantitative estimate of drug-likeness (QED) is 0.437. The molecule has 0 nitrogen and oxygen atoms in total. The van der Waals surface area contributed by atoms with E-state index in [0.29, 0.717) is 0 Å². The van der Waals surface area contributed by atoms with Gasteiger partial charge >= 0.3 is 0 Å². The first-order valence-electron chi connectivity index (χ1n) is 7.59. The minimum absolute atomic E-state index is 0.323. The topological polar surface area (TPSA) is 0 Å². The molecular formula is C22H20. The Labute approximate surface area is 132 Å². The van der Waals surface area contributed by atoms with Crippen molar-refractivity contribution >= 4 is 0 Å². The third kappa shape index (κ3) is 2.37. The van der Waals surface area contributed by atoms with Crippen molar-refractivity contribution in [3.05, 3.63) is 120 Å². The first kappa shape index (κ1) is 14.3. The smallest absolute Gasteiger partial charge is 0.0629 e. The number of rotatable bonds is 4. The molecule has 0 heterocycles. The van der Waals surface area contributed by atoms with Gasteiger partial charge in [0.2, 0.25) is 0 Å². The van der Waals surface area contributed by atoms with Gasteiger partial charge in [0.05, 0.1) is 5.41 Å². The molecule has 0 spiro atoms. The molecule has 0 atom stereocenters. The highest BCUT2D eigenvalue weighted by Crippen LogP contribution is 2.40. The molecule has 0 aromatic heterocycles. The zero-order valence-corrected chi connectivity index (χ0v) is 12.9. The second kappa shape index (κ2) is 6.03. The Balaban J connectivity index is 2.30. The first-order chi connectivity index (χ1) is 10.8. The van der Waals surface area contributed by atoms with E-state index in [1.165, 1.54) is 22.3 Å². The zero-order chi connectivity index (χ0) is 15.4. The van der Waals surface area contributed by atoms with Crippen molar-refractivity contribution in [3.8, 4) is 0 Å². The van der Waals surface area contributed by atoms with E-state index in [-0.39, 0.29) is 5.41 Å². The fourth-order valence-electron chi connectivity index (χ4n) is 3.07. The highest BCUT2D eigenvalue weighted by Gasteiger charge is 2.32. The minimum Gasteiger partial charge on any atom is -0.102 e. The van der Waals surface area contributed by atoms with Crippen LogP contribution in [-0.4, -0.2) is 0 Å². The van der Waals surface area contributed by atoms with Crippen LogP contribution in [0.2, 0.25) is 0 Å². The van der Waals surface area contributed by atoms with Gasteiger partial charge in [-0.25, -0.2) is 0 Å². The largest absolute Gasteiger partial charge is 0.102 e. The predicted molar refractivity (Wildman–Crippen MR) is 94.1 cm³/mol. The maximum atomic E-state index is 4.18. The molecule has 3 aromatic rings. The van der Waals surface area contributed by atoms with Crippen molar-refractivity contribution in [1.82, 2.24) is 0 Å². The summed E-state index contributed by atoms with van der Waals surface area (Å²) in [5.74, 6) is 0. The summed E-state index contributed by atoms with van der Waals surface area (Å²) in [6.07, 6.45) is 2.06. The Bertz CT molecular complexity index is 698. The van der Waals surface area contributed by atoms with Crippen LogP contribution in [0.3, 0.4) is 0 Å². The number of allylic oxidation sites excluding steroid dienone is 1. The standard InChI is InChI=1S/C22H20/c1-3-22(19-10-6-4-7-11-19,20-12-8-5-9-13-20)21-16-14-18(2)15-17-21/h3-17H,1H2,2H3. The molecule has 0 saturated carbocycles. The van der Waals surface area contributed by atoms with Crippen LogP contribution in [0.4, 0.5) is 0 Å². The van der Waals surface area contributed by atoms with Crippen LogP contribution < -0.4 is 0 Å². The van der Waals surface area contributed by atoms with E-state index in [1.54, 1.807) is 0 Å². The lowest BCUT2D eigenvalue weighted by Crippen LogP contribution is -2.26. The number of benzene rings is 3. The average molecular weight is 284 g/mol. The van der Waals surface area contributed by atoms with Gasteiger partial charge in [0.15, 0.2) is 0 Å². The fraction of sp³-hybridized carbons (Fsp3) is 0.0909. The van der Waals surface area contributed by atoms with E-state index < -0.39 is 0 Å². The van der Waals surface area contributed by atoms with Crippen LogP contribution in [0.15, 0.2) is 97.6 Å². The van der Waals surface area contributed by atoms with Gasteiger partial charge in [-0.15, -0.1) is 6.58 Å². The van der Waals surface area contributed by atoms with E-state index in [1.807, 2.05) is 0 Å². The molecule has 0 heteroatoms. The Morgan fingerprint density at radius 1 is 0.636 bits per heavy atom. The van der Waals surface area contributed by atoms with Crippen molar-refractivity contribution in [2.24, 2.45) is 0 Å². The van der Waals surface area contributed by atoms with Crippen LogP contribution >= 0.6 is 0 Å². The lowest BCUT2D eigenvalue weighted by molar-refractivity contribution is 0.780. The number of aryl methyl sites for hydroxylation is 1. The Hall–Kier alpha value is -2.60. The molecule has 108 valence electrons. The molecule has 0 radical (unpaired) electrons. The summed E-state index contributed by atoms with van der Waals surface area (Å²) in [4.78, 5) is 0. The van der Waals surface area contributed by atoms with Gasteiger partial charge in [0.25, 0.3) is 0 Å². The molecular weight excluding hydrogens is 264 g/mol. The third-order valence-corrected chi connectivity index (χ3v) is 4.27. The van der Waals surface area contributed by atoms with Gasteiger partial charge in [0, 0.05) is 0 Å². The second-order valence-corrected chi connectivity index (χ2v) is 5.61. The van der Waals surface area contributed by atoms with Crippen LogP contribution in [0.1, 0.15) is 22.3 Å². The normalized spacial score (nSPS) is 11.1. The average Bonchev–Trinajstić information content (AvgIpc) is 2.59. The van der Waals surface area contributed by atoms with Gasteiger partial charge in [-0.3, -0.25) is 0 Å². The highest BCUT2D eigenvalue weighted by molar-refractivity contribution is 5.54. The van der Waals surface area contributed by atoms with Crippen LogP contribution in [0.5, 0.6) is 0 Å². The molecule has 3 rings (SSSR count). The maximum absolute atomic E-state index is 4.18. The summed E-state index contributed by atoms with van der Waals surface area (Å²) in [5, 5.41) is 0. The van der Waals surface area contributed by atoms with Crippen molar-refractivity contribution in [2.75, 3.05) is 0 Å². The SMILES string of the molecule is C=CC(c1ccccc1)(c1ccccc1)c1ccc(C)cc1. The molecule has 0 bridgehead atoms. The summed E-state index contributed by atoms with van der Waals surface area (Å²) in [6, 6.07) is 29.9. The van der Waals surface area contributed by atoms with E-state index in [0.717, 1.165) is 0 Å². The van der Waals surface area contributed by atoms with Gasteiger partial charge in [-0.2, -0.15) is 0 Å². The van der Waals surface area contributed by atoms with Crippen LogP contribution in [0.25, 0.3) is 0 Å². The van der Waals surface area contributed by atoms with Crippen LogP contribution in [0, 0.1) is 6.92 Å². The molecule has 0 aliphatic carbocycles. The lowest BCUT2D eigenvalue weighted by Gasteiger charge is -2.33. The summed E-state index contributed by atoms with van der Waals surface area (Å²) < 4.78 is 0. The fourth-order valence-corrected chi connectivity index (χ4v) is 3.07. The maximum Gasteiger partial charge on any atom is 0.0629 e. The first-order valence-corrected chi connectivity index (χ1v) is 7.59. The molecule has 0 fully saturated rings. The third-order valence-electron chi connectivity index (χ3n) is 4.27. The van der Waals surface area contributed by atoms with Crippen LogP contribution in [-0.2, 0) is 5.41 Å². The molecule has 0 aliphatic rings. The predicted octanol–water partition coefficient (Wildman–Crippen LogP) is 5.52. The second-order valence-electron chi connectivity index (χ2n) is 5.61. The molecule has 3 aromatic carbocycles. The Morgan fingerprint density at radius 3 is 1.45 bits per heavy atom. The molecule has 0 unspecified atom stereocenters. The summed E-state index contributed by atoms with van der Waals surface area (Å²) in [7, 11) is 0. The minimum atomic E-state index is -0.323. The van der Waals surface area contributed by atoms with E-state index in [9.17, 15) is 0 Å². The highest BCUT2D eigenvalue weighted by atomic mass is 14.3. The summed E-state index contributed by atoms with van der Waals surface area (Å²) in [5.41, 5.74) is 4.66. The van der Waals surface area contributed by atoms with Crippen molar-refractivity contribution < 1.29 is 0 Å². The Kier molecular flexibility index (Phi) is 3.93. The number of hydrogen-bond acceptors (Lipinski definition) is 0. The molecule has 0 aliphatic heterocycles. The monoisotopic (exact) mass is 284 g/mol. The summed E-state index contributed by atoms with van der Waals surface area (Å²) >= 11 is 0. The molecule has 0 saturated heterocycles. The van der Waals surface area contributed by atoms with E-state index in [2.05, 4.69) is 105 Å².